The lowest BCUT2D eigenvalue weighted by Crippen LogP contribution is -2.11. The molecule has 7 N–H and O–H groups in total. The van der Waals surface area contributed by atoms with Crippen molar-refractivity contribution in [1.82, 2.24) is 15.0 Å². The number of aryl methyl sites for hydroxylation is 1. The van der Waals surface area contributed by atoms with Crippen LogP contribution in [0.2, 0.25) is 5.02 Å². The van der Waals surface area contributed by atoms with Crippen LogP contribution in [0.4, 0.5) is 11.6 Å². The molecule has 8 heteroatoms. The molecular formula is C24H19ClN6O. The van der Waals surface area contributed by atoms with Gasteiger partial charge in [-0.1, -0.05) is 41.6 Å². The molecule has 4 aromatic rings. The standard InChI is InChI=1S/C24H19ClN6O/c1-13-6-9-16(25)10-17(13)22-18(23(27)32)11-20(30-22)21-15(12-29-24(28)31-21)8-7-14-4-2-3-5-19(14)26/h2-6,9-12,30H,26H2,1H3,(H2,27,32)(H2,28,29,31). The van der Waals surface area contributed by atoms with Crippen LogP contribution in [0.5, 0.6) is 0 Å². The second kappa shape index (κ2) is 8.46. The predicted molar refractivity (Wildman–Crippen MR) is 127 cm³/mol. The fraction of sp³-hybridized carbons (Fsp3) is 0.0417. The SMILES string of the molecule is Cc1ccc(Cl)cc1-c1[nH]c(-c2nc(N)ncc2C#Cc2ccccc2N)cc1C(N)=O. The zero-order chi connectivity index (χ0) is 22.8. The molecule has 158 valence electrons. The van der Waals surface area contributed by atoms with Crippen LogP contribution in [0.15, 0.2) is 54.7 Å². The topological polar surface area (TPSA) is 137 Å². The van der Waals surface area contributed by atoms with Gasteiger partial charge in [-0.25, -0.2) is 9.97 Å². The number of benzene rings is 2. The molecule has 0 atom stereocenters. The molecule has 1 amide bonds. The molecule has 2 aromatic carbocycles. The Balaban J connectivity index is 1.88. The van der Waals surface area contributed by atoms with Crippen LogP contribution >= 0.6 is 11.6 Å². The number of anilines is 2. The summed E-state index contributed by atoms with van der Waals surface area (Å²) in [7, 11) is 0. The van der Waals surface area contributed by atoms with Gasteiger partial charge in [-0.2, -0.15) is 0 Å². The van der Waals surface area contributed by atoms with E-state index in [9.17, 15) is 4.79 Å². The lowest BCUT2D eigenvalue weighted by Gasteiger charge is -2.07. The van der Waals surface area contributed by atoms with E-state index in [0.717, 1.165) is 11.1 Å². The molecule has 0 saturated heterocycles. The fourth-order valence-corrected chi connectivity index (χ4v) is 3.46. The first-order chi connectivity index (χ1) is 15.3. The summed E-state index contributed by atoms with van der Waals surface area (Å²) in [5.41, 5.74) is 22.7. The number of aromatic amines is 1. The molecule has 0 fully saturated rings. The third-order valence-electron chi connectivity index (χ3n) is 4.91. The van der Waals surface area contributed by atoms with Crippen LogP contribution in [0.3, 0.4) is 0 Å². The first-order valence-corrected chi connectivity index (χ1v) is 10.00. The molecular weight excluding hydrogens is 424 g/mol. The van der Waals surface area contributed by atoms with Crippen LogP contribution in [-0.2, 0) is 0 Å². The van der Waals surface area contributed by atoms with Gasteiger partial charge in [-0.3, -0.25) is 4.79 Å². The first-order valence-electron chi connectivity index (χ1n) is 9.62. The Bertz CT molecular complexity index is 1410. The van der Waals surface area contributed by atoms with Crippen molar-refractivity contribution >= 4 is 29.1 Å². The molecule has 0 aliphatic rings. The minimum atomic E-state index is -0.589. The van der Waals surface area contributed by atoms with E-state index < -0.39 is 5.91 Å². The molecule has 2 heterocycles. The van der Waals surface area contributed by atoms with E-state index in [1.165, 1.54) is 6.20 Å². The first kappa shape index (κ1) is 21.0. The second-order valence-corrected chi connectivity index (χ2v) is 7.56. The molecule has 32 heavy (non-hydrogen) atoms. The zero-order valence-electron chi connectivity index (χ0n) is 17.1. The van der Waals surface area contributed by atoms with Gasteiger partial charge in [-0.05, 0) is 42.8 Å². The van der Waals surface area contributed by atoms with Gasteiger partial charge < -0.3 is 22.2 Å². The summed E-state index contributed by atoms with van der Waals surface area (Å²) in [6, 6.07) is 14.3. The molecule has 7 nitrogen and oxygen atoms in total. The number of nitrogens with zero attached hydrogens (tertiary/aromatic N) is 2. The van der Waals surface area contributed by atoms with Gasteiger partial charge in [0, 0.05) is 28.0 Å². The van der Waals surface area contributed by atoms with Crippen molar-refractivity contribution in [3.8, 4) is 34.5 Å². The van der Waals surface area contributed by atoms with Crippen molar-refractivity contribution in [3.05, 3.63) is 82.0 Å². The molecule has 0 aliphatic heterocycles. The summed E-state index contributed by atoms with van der Waals surface area (Å²) >= 11 is 6.18. The van der Waals surface area contributed by atoms with Crippen molar-refractivity contribution in [1.29, 1.82) is 0 Å². The highest BCUT2D eigenvalue weighted by Gasteiger charge is 2.19. The third kappa shape index (κ3) is 4.13. The van der Waals surface area contributed by atoms with E-state index in [1.54, 1.807) is 24.3 Å². The van der Waals surface area contributed by atoms with E-state index in [0.29, 0.717) is 44.5 Å². The summed E-state index contributed by atoms with van der Waals surface area (Å²) in [6.45, 7) is 1.92. The monoisotopic (exact) mass is 442 g/mol. The van der Waals surface area contributed by atoms with Gasteiger partial charge in [0.2, 0.25) is 5.95 Å². The van der Waals surface area contributed by atoms with Crippen molar-refractivity contribution < 1.29 is 4.79 Å². The van der Waals surface area contributed by atoms with Gasteiger partial charge >= 0.3 is 0 Å². The Hall–Kier alpha value is -4.28. The minimum absolute atomic E-state index is 0.0699. The van der Waals surface area contributed by atoms with Gasteiger partial charge in [0.1, 0.15) is 5.69 Å². The molecule has 2 aromatic heterocycles. The third-order valence-corrected chi connectivity index (χ3v) is 5.14. The number of hydrogen-bond donors (Lipinski definition) is 4. The number of H-pyrrole nitrogens is 1. The molecule has 0 unspecified atom stereocenters. The number of amides is 1. The zero-order valence-corrected chi connectivity index (χ0v) is 17.9. The number of para-hydroxylation sites is 1. The Labute approximate surface area is 189 Å². The maximum Gasteiger partial charge on any atom is 0.250 e. The Morgan fingerprint density at radius 1 is 1.06 bits per heavy atom. The number of carbonyl (C=O) groups excluding carboxylic acids is 1. The van der Waals surface area contributed by atoms with Crippen LogP contribution in [0.1, 0.15) is 27.0 Å². The molecule has 0 radical (unpaired) electrons. The number of rotatable bonds is 3. The summed E-state index contributed by atoms with van der Waals surface area (Å²) in [4.78, 5) is 23.9. The second-order valence-electron chi connectivity index (χ2n) is 7.12. The quantitative estimate of drug-likeness (QED) is 0.283. The van der Waals surface area contributed by atoms with Gasteiger partial charge in [0.15, 0.2) is 0 Å². The molecule has 4 rings (SSSR count). The average molecular weight is 443 g/mol. The van der Waals surface area contributed by atoms with Gasteiger partial charge in [-0.15, -0.1) is 0 Å². The van der Waals surface area contributed by atoms with Gasteiger partial charge in [0.25, 0.3) is 5.91 Å². The summed E-state index contributed by atoms with van der Waals surface area (Å²) < 4.78 is 0. The Kier molecular flexibility index (Phi) is 5.54. The van der Waals surface area contributed by atoms with Crippen molar-refractivity contribution in [2.24, 2.45) is 5.73 Å². The lowest BCUT2D eigenvalue weighted by molar-refractivity contribution is 0.100. The largest absolute Gasteiger partial charge is 0.398 e. The number of nitrogens with one attached hydrogen (secondary N) is 1. The minimum Gasteiger partial charge on any atom is -0.398 e. The number of primary amides is 1. The lowest BCUT2D eigenvalue weighted by atomic mass is 10.0. The molecule has 0 spiro atoms. The number of nitrogen functional groups attached to an aromatic ring is 2. The van der Waals surface area contributed by atoms with E-state index in [2.05, 4.69) is 26.8 Å². The highest BCUT2D eigenvalue weighted by atomic mass is 35.5. The van der Waals surface area contributed by atoms with Crippen molar-refractivity contribution in [2.75, 3.05) is 11.5 Å². The average Bonchev–Trinajstić information content (AvgIpc) is 3.21. The highest BCUT2D eigenvalue weighted by molar-refractivity contribution is 6.31. The van der Waals surface area contributed by atoms with E-state index >= 15 is 0 Å². The number of aromatic nitrogens is 3. The van der Waals surface area contributed by atoms with E-state index in [4.69, 9.17) is 28.8 Å². The van der Waals surface area contributed by atoms with Crippen molar-refractivity contribution in [2.45, 2.75) is 6.92 Å². The van der Waals surface area contributed by atoms with Crippen LogP contribution in [0, 0.1) is 18.8 Å². The Morgan fingerprint density at radius 2 is 1.81 bits per heavy atom. The smallest absolute Gasteiger partial charge is 0.250 e. The van der Waals surface area contributed by atoms with Crippen LogP contribution in [-0.4, -0.2) is 20.9 Å². The van der Waals surface area contributed by atoms with E-state index in [1.807, 2.05) is 31.2 Å². The maximum atomic E-state index is 12.2. The molecule has 0 bridgehead atoms. The molecule has 0 aliphatic carbocycles. The normalized spacial score (nSPS) is 10.4. The maximum absolute atomic E-state index is 12.2. The van der Waals surface area contributed by atoms with Gasteiger partial charge in [0.05, 0.1) is 22.5 Å². The predicted octanol–water partition coefficient (Wildman–Crippen LogP) is 3.76. The van der Waals surface area contributed by atoms with Crippen molar-refractivity contribution in [3.63, 3.8) is 0 Å². The summed E-state index contributed by atoms with van der Waals surface area (Å²) in [6.07, 6.45) is 1.53. The summed E-state index contributed by atoms with van der Waals surface area (Å²) in [5.74, 6) is 5.56. The fourth-order valence-electron chi connectivity index (χ4n) is 3.29. The van der Waals surface area contributed by atoms with Crippen LogP contribution < -0.4 is 17.2 Å². The highest BCUT2D eigenvalue weighted by Crippen LogP contribution is 2.33. The Morgan fingerprint density at radius 3 is 2.56 bits per heavy atom. The van der Waals surface area contributed by atoms with Crippen LogP contribution in [0.25, 0.3) is 22.6 Å². The summed E-state index contributed by atoms with van der Waals surface area (Å²) in [5, 5.41) is 0.537. The number of nitrogens with two attached hydrogens (primary N) is 3. The number of halogens is 1. The van der Waals surface area contributed by atoms with E-state index in [-0.39, 0.29) is 5.95 Å². The number of carbonyl (C=O) groups is 1. The number of hydrogen-bond acceptors (Lipinski definition) is 5. The molecule has 0 saturated carbocycles.